The van der Waals surface area contributed by atoms with Crippen molar-refractivity contribution < 1.29 is 45.4 Å². The van der Waals surface area contributed by atoms with Gasteiger partial charge in [-0.25, -0.2) is 13.2 Å². The second kappa shape index (κ2) is 11.0. The fourth-order valence-corrected chi connectivity index (χ4v) is 6.64. The predicted molar refractivity (Wildman–Crippen MR) is 146 cm³/mol. The van der Waals surface area contributed by atoms with Crippen LogP contribution < -0.4 is 19.1 Å². The lowest BCUT2D eigenvalue weighted by molar-refractivity contribution is -0.242. The zero-order chi connectivity index (χ0) is 31.3. The van der Waals surface area contributed by atoms with Gasteiger partial charge in [0.1, 0.15) is 17.6 Å². The number of ether oxygens (including phenoxy) is 3. The van der Waals surface area contributed by atoms with Gasteiger partial charge >= 0.3 is 12.3 Å². The third-order valence-corrected chi connectivity index (χ3v) is 9.47. The number of hydrogen-bond acceptors (Lipinski definition) is 8. The molecule has 1 aromatic carbocycles. The molecule has 2 aromatic rings. The van der Waals surface area contributed by atoms with E-state index in [4.69, 9.17) is 9.47 Å². The number of carbonyl (C=O) groups is 2. The van der Waals surface area contributed by atoms with Crippen LogP contribution >= 0.6 is 0 Å². The quantitative estimate of drug-likeness (QED) is 0.435. The van der Waals surface area contributed by atoms with E-state index < -0.39 is 39.4 Å². The van der Waals surface area contributed by atoms with E-state index in [1.165, 1.54) is 32.2 Å². The average Bonchev–Trinajstić information content (AvgIpc) is 3.26. The molecule has 3 heterocycles. The number of carbonyl (C=O) groups excluding carboxylic acids is 2. The van der Waals surface area contributed by atoms with Crippen LogP contribution in [0.15, 0.2) is 23.1 Å². The highest BCUT2D eigenvalue weighted by Gasteiger charge is 2.51. The van der Waals surface area contributed by atoms with Gasteiger partial charge in [-0.05, 0) is 64.7 Å². The van der Waals surface area contributed by atoms with E-state index in [2.05, 4.69) is 15.2 Å². The number of aryl methyl sites for hydroxylation is 1. The number of anilines is 2. The molecule has 0 saturated carbocycles. The normalized spacial score (nSPS) is 17.5. The number of ketones is 1. The third-order valence-electron chi connectivity index (χ3n) is 7.61. The van der Waals surface area contributed by atoms with Gasteiger partial charge in [-0.15, -0.1) is 5.10 Å². The van der Waals surface area contributed by atoms with Gasteiger partial charge in [0.15, 0.2) is 4.90 Å². The SMILES string of the molecule is COc1nn2c(c1S(=O)(=O)N1CC(CC(C)(C)C(C)=O)Oc3ccc(NC(=O)OC(C)(C)C(F)(F)F)cc31)CCCC2. The maximum Gasteiger partial charge on any atom is 0.427 e. The lowest BCUT2D eigenvalue weighted by Crippen LogP contribution is -2.46. The number of nitrogens with one attached hydrogen (secondary N) is 1. The van der Waals surface area contributed by atoms with E-state index >= 15 is 0 Å². The molecule has 1 amide bonds. The summed E-state index contributed by atoms with van der Waals surface area (Å²) in [5, 5.41) is 6.59. The van der Waals surface area contributed by atoms with Gasteiger partial charge in [0.25, 0.3) is 15.9 Å². The molecule has 2 aliphatic heterocycles. The molecule has 11 nitrogen and oxygen atoms in total. The number of benzene rings is 1. The fraction of sp³-hybridized carbons (Fsp3) is 0.593. The first-order valence-corrected chi connectivity index (χ1v) is 14.9. The molecule has 1 atom stereocenters. The Labute approximate surface area is 242 Å². The molecular formula is C27H35F3N4O7S. The van der Waals surface area contributed by atoms with Crippen LogP contribution in [0.25, 0.3) is 0 Å². The van der Waals surface area contributed by atoms with Crippen molar-refractivity contribution in [1.82, 2.24) is 9.78 Å². The van der Waals surface area contributed by atoms with Gasteiger partial charge in [-0.3, -0.25) is 19.1 Å². The summed E-state index contributed by atoms with van der Waals surface area (Å²) in [5.74, 6) is -0.0185. The van der Waals surface area contributed by atoms with Crippen molar-refractivity contribution in [2.75, 3.05) is 23.3 Å². The molecule has 1 aromatic heterocycles. The van der Waals surface area contributed by atoms with Crippen molar-refractivity contribution >= 4 is 33.3 Å². The number of fused-ring (bicyclic) bond motifs is 2. The third kappa shape index (κ3) is 6.01. The van der Waals surface area contributed by atoms with E-state index in [1.807, 2.05) is 0 Å². The van der Waals surface area contributed by atoms with Crippen LogP contribution in [0, 0.1) is 5.41 Å². The van der Waals surface area contributed by atoms with E-state index in [0.717, 1.165) is 17.1 Å². The van der Waals surface area contributed by atoms with E-state index in [1.54, 1.807) is 18.5 Å². The molecule has 232 valence electrons. The second-order valence-electron chi connectivity index (χ2n) is 11.6. The Hall–Kier alpha value is -3.49. The lowest BCUT2D eigenvalue weighted by Gasteiger charge is -2.38. The highest BCUT2D eigenvalue weighted by atomic mass is 32.2. The van der Waals surface area contributed by atoms with Gasteiger partial charge < -0.3 is 14.2 Å². The average molecular weight is 617 g/mol. The molecule has 0 radical (unpaired) electrons. The first kappa shape index (κ1) is 31.4. The summed E-state index contributed by atoms with van der Waals surface area (Å²) in [4.78, 5) is 24.5. The fourth-order valence-electron chi connectivity index (χ4n) is 4.81. The number of aromatic nitrogens is 2. The van der Waals surface area contributed by atoms with E-state index in [9.17, 15) is 31.2 Å². The smallest absolute Gasteiger partial charge is 0.427 e. The minimum atomic E-state index is -4.81. The van der Waals surface area contributed by atoms with E-state index in [-0.39, 0.29) is 46.6 Å². The molecule has 4 rings (SSSR count). The number of methoxy groups -OCH3 is 1. The van der Waals surface area contributed by atoms with Crippen molar-refractivity contribution in [2.24, 2.45) is 5.41 Å². The van der Waals surface area contributed by atoms with Crippen LogP contribution in [0.2, 0.25) is 0 Å². The Bertz CT molecular complexity index is 1490. The Balaban J connectivity index is 1.76. The summed E-state index contributed by atoms with van der Waals surface area (Å²) in [6.07, 6.45) is -4.66. The van der Waals surface area contributed by atoms with Crippen molar-refractivity contribution in [3.05, 3.63) is 23.9 Å². The van der Waals surface area contributed by atoms with Crippen LogP contribution in [-0.2, 0) is 32.5 Å². The molecular weight excluding hydrogens is 581 g/mol. The molecule has 0 saturated heterocycles. The highest BCUT2D eigenvalue weighted by Crippen LogP contribution is 2.43. The number of rotatable bonds is 8. The van der Waals surface area contributed by atoms with Crippen LogP contribution in [0.1, 0.15) is 59.6 Å². The molecule has 0 fully saturated rings. The first-order valence-electron chi connectivity index (χ1n) is 13.4. The molecule has 0 aliphatic carbocycles. The number of halogens is 3. The number of hydrogen-bond donors (Lipinski definition) is 1. The molecule has 0 bridgehead atoms. The van der Waals surface area contributed by atoms with Gasteiger partial charge in [-0.2, -0.15) is 13.2 Å². The first-order chi connectivity index (χ1) is 19.4. The maximum atomic E-state index is 14.4. The summed E-state index contributed by atoms with van der Waals surface area (Å²) >= 11 is 0. The Morgan fingerprint density at radius 3 is 2.48 bits per heavy atom. The summed E-state index contributed by atoms with van der Waals surface area (Å²) < 4.78 is 87.2. The van der Waals surface area contributed by atoms with E-state index in [0.29, 0.717) is 32.5 Å². The number of nitrogens with zero attached hydrogens (tertiary/aromatic N) is 3. The standard InChI is InChI=1S/C27H35F3N4O7S/c1-16(35)25(2,3)14-18-15-34(42(37,38)22-19-9-7-8-12-33(19)32-23(22)39-6)20-13-17(10-11-21(20)40-18)31-24(36)41-26(4,5)27(28,29)30/h10-11,13,18H,7-9,12,14-15H2,1-6H3,(H,31,36). The van der Waals surface area contributed by atoms with Crippen LogP contribution in [0.3, 0.4) is 0 Å². The van der Waals surface area contributed by atoms with Gasteiger partial charge in [0.05, 0.1) is 25.0 Å². The minimum absolute atomic E-state index is 0.0213. The summed E-state index contributed by atoms with van der Waals surface area (Å²) in [6.45, 7) is 6.70. The largest absolute Gasteiger partial charge is 0.486 e. The molecule has 42 heavy (non-hydrogen) atoms. The maximum absolute atomic E-state index is 14.4. The monoisotopic (exact) mass is 616 g/mol. The minimum Gasteiger partial charge on any atom is -0.486 e. The molecule has 1 unspecified atom stereocenters. The molecule has 15 heteroatoms. The Morgan fingerprint density at radius 1 is 1.17 bits per heavy atom. The van der Waals surface area contributed by atoms with Crippen molar-refractivity contribution in [3.63, 3.8) is 0 Å². The topological polar surface area (TPSA) is 129 Å². The zero-order valence-electron chi connectivity index (χ0n) is 24.3. The molecule has 2 aliphatic rings. The predicted octanol–water partition coefficient (Wildman–Crippen LogP) is 5.08. The number of sulfonamides is 1. The number of Topliss-reactive ketones (excluding diaryl/α,β-unsaturated/α-hetero) is 1. The van der Waals surface area contributed by atoms with Gasteiger partial charge in [0.2, 0.25) is 5.60 Å². The second-order valence-corrected chi connectivity index (χ2v) is 13.4. The van der Waals surface area contributed by atoms with Gasteiger partial charge in [0, 0.05) is 17.6 Å². The number of alkyl halides is 3. The lowest BCUT2D eigenvalue weighted by atomic mass is 9.83. The van der Waals surface area contributed by atoms with Crippen molar-refractivity contribution in [1.29, 1.82) is 0 Å². The van der Waals surface area contributed by atoms with Crippen molar-refractivity contribution in [2.45, 2.75) is 89.6 Å². The highest BCUT2D eigenvalue weighted by molar-refractivity contribution is 7.93. The van der Waals surface area contributed by atoms with Gasteiger partial charge in [-0.1, -0.05) is 13.8 Å². The summed E-state index contributed by atoms with van der Waals surface area (Å²) in [7, 11) is -3.02. The molecule has 0 spiro atoms. The Morgan fingerprint density at radius 2 is 1.86 bits per heavy atom. The Kier molecular flexibility index (Phi) is 8.21. The van der Waals surface area contributed by atoms with Crippen LogP contribution in [-0.4, -0.2) is 61.6 Å². The molecule has 1 N–H and O–H groups in total. The van der Waals surface area contributed by atoms with Crippen LogP contribution in [0.4, 0.5) is 29.3 Å². The van der Waals surface area contributed by atoms with Crippen molar-refractivity contribution in [3.8, 4) is 11.6 Å². The summed E-state index contributed by atoms with van der Waals surface area (Å²) in [5.41, 5.74) is -3.06. The van der Waals surface area contributed by atoms with Crippen LogP contribution in [0.5, 0.6) is 11.6 Å². The number of amides is 1. The zero-order valence-corrected chi connectivity index (χ0v) is 25.1. The summed E-state index contributed by atoms with van der Waals surface area (Å²) in [6, 6.07) is 4.04.